The average molecular weight is 339 g/mol. The van der Waals surface area contributed by atoms with Crippen molar-refractivity contribution in [2.45, 2.75) is 38.1 Å². The van der Waals surface area contributed by atoms with Crippen LogP contribution >= 0.6 is 0 Å². The zero-order valence-corrected chi connectivity index (χ0v) is 14.8. The number of fused-ring (bicyclic) bond motifs is 3. The molecule has 0 fully saturated rings. The quantitative estimate of drug-likeness (QED) is 0.834. The molecule has 0 spiro atoms. The third-order valence-electron chi connectivity index (χ3n) is 4.74. The summed E-state index contributed by atoms with van der Waals surface area (Å²) in [4.78, 5) is 12.2. The van der Waals surface area contributed by atoms with Crippen molar-refractivity contribution in [2.24, 2.45) is 0 Å². The second kappa shape index (κ2) is 7.28. The Balaban J connectivity index is 1.68. The van der Waals surface area contributed by atoms with Gasteiger partial charge in [0.2, 0.25) is 0 Å². The number of hydrogen-bond acceptors (Lipinski definition) is 3. The van der Waals surface area contributed by atoms with Gasteiger partial charge < -0.3 is 15.2 Å². The van der Waals surface area contributed by atoms with Crippen molar-refractivity contribution < 1.29 is 14.6 Å². The van der Waals surface area contributed by atoms with E-state index in [1.165, 1.54) is 22.3 Å². The minimum Gasteiger partial charge on any atom is -0.449 e. The summed E-state index contributed by atoms with van der Waals surface area (Å²) in [6, 6.07) is 16.6. The lowest BCUT2D eigenvalue weighted by Crippen LogP contribution is -2.44. The van der Waals surface area contributed by atoms with Crippen LogP contribution in [-0.2, 0) is 4.74 Å². The summed E-state index contributed by atoms with van der Waals surface area (Å²) in [5.41, 5.74) is 4.45. The summed E-state index contributed by atoms with van der Waals surface area (Å²) in [5, 5.41) is 11.8. The van der Waals surface area contributed by atoms with Crippen molar-refractivity contribution in [3.8, 4) is 11.1 Å². The Kier molecular flexibility index (Phi) is 5.09. The van der Waals surface area contributed by atoms with Crippen LogP contribution in [0.1, 0.15) is 43.7 Å². The van der Waals surface area contributed by atoms with Gasteiger partial charge in [-0.2, -0.15) is 0 Å². The summed E-state index contributed by atoms with van der Waals surface area (Å²) in [5.74, 6) is 0.0682. The van der Waals surface area contributed by atoms with Gasteiger partial charge in [-0.25, -0.2) is 4.79 Å². The van der Waals surface area contributed by atoms with E-state index in [4.69, 9.17) is 9.84 Å². The number of hydrogen-bond donors (Lipinski definition) is 2. The molecule has 25 heavy (non-hydrogen) atoms. The van der Waals surface area contributed by atoms with Crippen LogP contribution in [0.5, 0.6) is 0 Å². The fourth-order valence-electron chi connectivity index (χ4n) is 3.49. The van der Waals surface area contributed by atoms with Crippen LogP contribution in [-0.4, -0.2) is 30.0 Å². The molecular weight excluding hydrogens is 314 g/mol. The molecule has 0 saturated heterocycles. The van der Waals surface area contributed by atoms with Gasteiger partial charge in [-0.1, -0.05) is 48.5 Å². The summed E-state index contributed by atoms with van der Waals surface area (Å²) in [6.45, 7) is 4.31. The van der Waals surface area contributed by atoms with E-state index in [9.17, 15) is 4.79 Å². The van der Waals surface area contributed by atoms with Gasteiger partial charge >= 0.3 is 6.09 Å². The summed E-state index contributed by atoms with van der Waals surface area (Å²) in [6.07, 6.45) is 0.939. The van der Waals surface area contributed by atoms with Crippen LogP contribution in [0.4, 0.5) is 4.79 Å². The summed E-state index contributed by atoms with van der Waals surface area (Å²) >= 11 is 0. The number of aliphatic hydroxyl groups excluding tert-OH is 1. The van der Waals surface area contributed by atoms with E-state index in [1.54, 1.807) is 0 Å². The largest absolute Gasteiger partial charge is 0.449 e. The Bertz CT molecular complexity index is 709. The molecule has 0 radical (unpaired) electrons. The number of carbonyl (C=O) groups excluding carboxylic acids is 1. The van der Waals surface area contributed by atoms with Crippen LogP contribution in [0.15, 0.2) is 48.5 Å². The van der Waals surface area contributed by atoms with Crippen molar-refractivity contribution >= 4 is 6.09 Å². The van der Waals surface area contributed by atoms with Gasteiger partial charge in [0, 0.05) is 18.1 Å². The number of rotatable bonds is 6. The van der Waals surface area contributed by atoms with Crippen LogP contribution < -0.4 is 5.32 Å². The molecule has 1 amide bonds. The van der Waals surface area contributed by atoms with Crippen molar-refractivity contribution in [3.05, 3.63) is 59.7 Å². The maximum Gasteiger partial charge on any atom is 0.407 e. The first-order valence-electron chi connectivity index (χ1n) is 8.76. The highest BCUT2D eigenvalue weighted by atomic mass is 16.5. The van der Waals surface area contributed by atoms with Crippen molar-refractivity contribution in [3.63, 3.8) is 0 Å². The van der Waals surface area contributed by atoms with E-state index in [0.29, 0.717) is 19.4 Å². The van der Waals surface area contributed by atoms with Gasteiger partial charge in [0.15, 0.2) is 0 Å². The van der Waals surface area contributed by atoms with Crippen LogP contribution in [0.3, 0.4) is 0 Å². The fourth-order valence-corrected chi connectivity index (χ4v) is 3.49. The molecule has 3 rings (SSSR count). The van der Waals surface area contributed by atoms with Crippen LogP contribution in [0.2, 0.25) is 0 Å². The third kappa shape index (κ3) is 3.85. The molecule has 4 heteroatoms. The first kappa shape index (κ1) is 17.5. The average Bonchev–Trinajstić information content (AvgIpc) is 2.92. The number of carbonyl (C=O) groups is 1. The Morgan fingerprint density at radius 3 is 2.20 bits per heavy atom. The third-order valence-corrected chi connectivity index (χ3v) is 4.74. The predicted octanol–water partition coefficient (Wildman–Crippen LogP) is 4.08. The second-order valence-corrected chi connectivity index (χ2v) is 7.16. The Morgan fingerprint density at radius 2 is 1.64 bits per heavy atom. The van der Waals surface area contributed by atoms with E-state index in [-0.39, 0.29) is 12.5 Å². The van der Waals surface area contributed by atoms with Gasteiger partial charge in [-0.3, -0.25) is 0 Å². The lowest BCUT2D eigenvalue weighted by molar-refractivity contribution is 0.130. The molecule has 1 aliphatic rings. The van der Waals surface area contributed by atoms with Gasteiger partial charge in [0.25, 0.3) is 0 Å². The molecule has 1 aliphatic carbocycles. The predicted molar refractivity (Wildman–Crippen MR) is 98.6 cm³/mol. The highest BCUT2D eigenvalue weighted by molar-refractivity contribution is 5.79. The minimum absolute atomic E-state index is 0.0682. The van der Waals surface area contributed by atoms with Crippen molar-refractivity contribution in [2.75, 3.05) is 13.2 Å². The number of aliphatic hydroxyl groups is 1. The van der Waals surface area contributed by atoms with Gasteiger partial charge in [0.05, 0.1) is 0 Å². The van der Waals surface area contributed by atoms with E-state index >= 15 is 0 Å². The minimum atomic E-state index is -0.412. The first-order chi connectivity index (χ1) is 12.0. The maximum absolute atomic E-state index is 12.2. The number of amides is 1. The Hall–Kier alpha value is -2.33. The van der Waals surface area contributed by atoms with E-state index in [1.807, 2.05) is 38.1 Å². The fraction of sp³-hybridized carbons (Fsp3) is 0.381. The highest BCUT2D eigenvalue weighted by Gasteiger charge is 2.29. The topological polar surface area (TPSA) is 58.6 Å². The van der Waals surface area contributed by atoms with Gasteiger partial charge in [0.1, 0.15) is 6.61 Å². The second-order valence-electron chi connectivity index (χ2n) is 7.16. The molecule has 4 nitrogen and oxygen atoms in total. The number of nitrogens with one attached hydrogen (secondary N) is 1. The molecule has 2 aromatic carbocycles. The Morgan fingerprint density at radius 1 is 1.08 bits per heavy atom. The Labute approximate surface area is 148 Å². The monoisotopic (exact) mass is 339 g/mol. The van der Waals surface area contributed by atoms with E-state index in [0.717, 1.165) is 0 Å². The maximum atomic E-state index is 12.2. The summed E-state index contributed by atoms with van der Waals surface area (Å²) in [7, 11) is 0. The van der Waals surface area contributed by atoms with E-state index in [2.05, 4.69) is 29.6 Å². The molecule has 0 aliphatic heterocycles. The molecule has 0 heterocycles. The zero-order valence-electron chi connectivity index (χ0n) is 14.8. The highest BCUT2D eigenvalue weighted by Crippen LogP contribution is 2.44. The van der Waals surface area contributed by atoms with Gasteiger partial charge in [-0.05, 0) is 48.9 Å². The first-order valence-corrected chi connectivity index (χ1v) is 8.76. The number of alkyl carbamates (subject to hydrolysis) is 1. The molecular formula is C21H25NO3. The lowest BCUT2D eigenvalue weighted by Gasteiger charge is -2.26. The zero-order chi connectivity index (χ0) is 17.9. The number of ether oxygens (including phenoxy) is 1. The molecule has 0 atom stereocenters. The molecule has 132 valence electrons. The van der Waals surface area contributed by atoms with Gasteiger partial charge in [-0.15, -0.1) is 0 Å². The SMILES string of the molecule is CC(C)(CCCO)NC(=O)OCC1c2ccccc2-c2ccccc21. The molecule has 2 N–H and O–H groups in total. The molecule has 2 aromatic rings. The van der Waals surface area contributed by atoms with Crippen LogP contribution in [0.25, 0.3) is 11.1 Å². The molecule has 0 unspecified atom stereocenters. The van der Waals surface area contributed by atoms with Crippen molar-refractivity contribution in [1.82, 2.24) is 5.32 Å². The summed E-state index contributed by atoms with van der Waals surface area (Å²) < 4.78 is 5.54. The van der Waals surface area contributed by atoms with Crippen LogP contribution in [0, 0.1) is 0 Å². The molecule has 0 aromatic heterocycles. The van der Waals surface area contributed by atoms with Crippen molar-refractivity contribution in [1.29, 1.82) is 0 Å². The molecule has 0 saturated carbocycles. The molecule has 0 bridgehead atoms. The normalized spacial score (nSPS) is 13.2. The smallest absolute Gasteiger partial charge is 0.407 e. The number of benzene rings is 2. The standard InChI is InChI=1S/C21H25NO3/c1-21(2,12-7-13-23)22-20(24)25-14-19-17-10-5-3-8-15(17)16-9-4-6-11-18(16)19/h3-6,8-11,19,23H,7,12-14H2,1-2H3,(H,22,24). The van der Waals surface area contributed by atoms with E-state index < -0.39 is 11.6 Å². The lowest BCUT2D eigenvalue weighted by atomic mass is 9.98.